The monoisotopic (exact) mass is 359 g/mol. The van der Waals surface area contributed by atoms with Crippen LogP contribution in [0.15, 0.2) is 45.7 Å². The fraction of sp³-hybridized carbons (Fsp3) is 0.444. The summed E-state index contributed by atoms with van der Waals surface area (Å²) in [4.78, 5) is 2.03. The lowest BCUT2D eigenvalue weighted by molar-refractivity contribution is 0.212. The van der Waals surface area contributed by atoms with Crippen LogP contribution < -0.4 is 0 Å². The van der Waals surface area contributed by atoms with Gasteiger partial charge in [0.2, 0.25) is 0 Å². The van der Waals surface area contributed by atoms with Gasteiger partial charge in [0.05, 0.1) is 10.9 Å². The van der Waals surface area contributed by atoms with Crippen molar-refractivity contribution in [2.45, 2.75) is 40.2 Å². The molecular formula is C18H21N3O3S. The van der Waals surface area contributed by atoms with Crippen LogP contribution >= 0.6 is 0 Å². The van der Waals surface area contributed by atoms with Crippen LogP contribution in [0.25, 0.3) is 0 Å². The molecule has 0 spiro atoms. The second kappa shape index (κ2) is 6.87. The molecule has 132 valence electrons. The largest absolute Gasteiger partial charge is 0.342 e. The number of hydrogen-bond donors (Lipinski definition) is 1. The third-order valence-electron chi connectivity index (χ3n) is 4.95. The van der Waals surface area contributed by atoms with E-state index >= 15 is 0 Å². The molecule has 2 aliphatic rings. The molecule has 1 heterocycles. The van der Waals surface area contributed by atoms with E-state index in [-0.39, 0.29) is 28.4 Å². The molecule has 0 saturated heterocycles. The first-order valence-corrected chi connectivity index (χ1v) is 9.42. The Bertz CT molecular complexity index is 857. The summed E-state index contributed by atoms with van der Waals surface area (Å²) in [6.07, 6.45) is 5.43. The van der Waals surface area contributed by atoms with Crippen molar-refractivity contribution in [2.24, 2.45) is 11.8 Å². The molecule has 2 rings (SSSR count). The Morgan fingerprint density at radius 3 is 2.16 bits per heavy atom. The molecule has 0 radical (unpaired) electrons. The molecule has 0 bridgehead atoms. The average Bonchev–Trinajstić information content (AvgIpc) is 2.50. The minimum atomic E-state index is -4.22. The van der Waals surface area contributed by atoms with E-state index in [0.29, 0.717) is 12.0 Å². The van der Waals surface area contributed by atoms with Crippen LogP contribution in [0.5, 0.6) is 0 Å². The second-order valence-electron chi connectivity index (χ2n) is 6.63. The molecular weight excluding hydrogens is 338 g/mol. The fourth-order valence-corrected chi connectivity index (χ4v) is 4.21. The third-order valence-corrected chi connectivity index (χ3v) is 5.91. The summed E-state index contributed by atoms with van der Waals surface area (Å²) in [6, 6.07) is 3.54. The standard InChI is InChI=1S/C18H21N3O3S/c1-11-5-17(25(22,23)24)8-18(14(11)4)21-12(2)6-15(7-13(21)3)16(9-19)10-20/h6-8,11,14,18H,5H2,1-4H3,(H,22,23,24). The molecule has 0 aromatic heterocycles. The van der Waals surface area contributed by atoms with E-state index in [1.54, 1.807) is 18.2 Å². The highest BCUT2D eigenvalue weighted by molar-refractivity contribution is 7.89. The van der Waals surface area contributed by atoms with E-state index in [9.17, 15) is 13.0 Å². The maximum Gasteiger partial charge on any atom is 0.290 e. The molecule has 6 nitrogen and oxygen atoms in total. The van der Waals surface area contributed by atoms with Crippen molar-refractivity contribution in [1.29, 1.82) is 10.5 Å². The zero-order chi connectivity index (χ0) is 18.9. The molecule has 0 saturated carbocycles. The van der Waals surface area contributed by atoms with E-state index in [2.05, 4.69) is 6.92 Å². The van der Waals surface area contributed by atoms with Gasteiger partial charge in [-0.3, -0.25) is 4.55 Å². The minimum absolute atomic E-state index is 0.0394. The van der Waals surface area contributed by atoms with Gasteiger partial charge in [0.15, 0.2) is 0 Å². The Hall–Kier alpha value is -2.35. The van der Waals surface area contributed by atoms with Gasteiger partial charge in [-0.2, -0.15) is 18.9 Å². The summed E-state index contributed by atoms with van der Waals surface area (Å²) in [5, 5.41) is 18.1. The van der Waals surface area contributed by atoms with Crippen LogP contribution in [-0.4, -0.2) is 23.9 Å². The highest BCUT2D eigenvalue weighted by Gasteiger charge is 2.36. The Balaban J connectivity index is 2.54. The lowest BCUT2D eigenvalue weighted by atomic mass is 9.80. The average molecular weight is 359 g/mol. The van der Waals surface area contributed by atoms with Crippen LogP contribution in [0.4, 0.5) is 0 Å². The maximum atomic E-state index is 11.6. The Morgan fingerprint density at radius 2 is 1.72 bits per heavy atom. The lowest BCUT2D eigenvalue weighted by Crippen LogP contribution is -2.42. The molecule has 0 amide bonds. The molecule has 1 aliphatic carbocycles. The topological polar surface area (TPSA) is 105 Å². The van der Waals surface area contributed by atoms with Gasteiger partial charge in [0.1, 0.15) is 17.7 Å². The van der Waals surface area contributed by atoms with Gasteiger partial charge < -0.3 is 4.90 Å². The predicted octanol–water partition coefficient (Wildman–Crippen LogP) is 3.27. The van der Waals surface area contributed by atoms with Crippen LogP contribution in [0.2, 0.25) is 0 Å². The Labute approximate surface area is 148 Å². The molecule has 7 heteroatoms. The second-order valence-corrected chi connectivity index (χ2v) is 8.11. The van der Waals surface area contributed by atoms with Crippen LogP contribution in [0.3, 0.4) is 0 Å². The molecule has 3 unspecified atom stereocenters. The van der Waals surface area contributed by atoms with Crippen molar-refractivity contribution in [3.8, 4) is 12.1 Å². The predicted molar refractivity (Wildman–Crippen MR) is 94.0 cm³/mol. The maximum absolute atomic E-state index is 11.6. The van der Waals surface area contributed by atoms with Gasteiger partial charge in [-0.05, 0) is 50.3 Å². The molecule has 0 aromatic rings. The summed E-state index contributed by atoms with van der Waals surface area (Å²) in [6.45, 7) is 7.73. The van der Waals surface area contributed by atoms with Gasteiger partial charge in [0, 0.05) is 17.0 Å². The molecule has 1 aliphatic heterocycles. The lowest BCUT2D eigenvalue weighted by Gasteiger charge is -2.43. The van der Waals surface area contributed by atoms with E-state index in [4.69, 9.17) is 10.5 Å². The van der Waals surface area contributed by atoms with E-state index in [1.807, 2.05) is 37.8 Å². The summed E-state index contributed by atoms with van der Waals surface area (Å²) >= 11 is 0. The number of nitriles is 2. The summed E-state index contributed by atoms with van der Waals surface area (Å²) < 4.78 is 32.7. The first kappa shape index (κ1) is 19.0. The van der Waals surface area contributed by atoms with Crippen molar-refractivity contribution in [2.75, 3.05) is 0 Å². The fourth-order valence-electron chi connectivity index (χ4n) is 3.43. The highest BCUT2D eigenvalue weighted by atomic mass is 32.2. The van der Waals surface area contributed by atoms with Crippen molar-refractivity contribution in [1.82, 2.24) is 4.90 Å². The van der Waals surface area contributed by atoms with Crippen LogP contribution in [-0.2, 0) is 10.1 Å². The number of nitrogens with zero attached hydrogens (tertiary/aromatic N) is 3. The van der Waals surface area contributed by atoms with Crippen molar-refractivity contribution < 1.29 is 13.0 Å². The quantitative estimate of drug-likeness (QED) is 0.599. The number of rotatable bonds is 2. The molecule has 25 heavy (non-hydrogen) atoms. The van der Waals surface area contributed by atoms with Gasteiger partial charge in [-0.1, -0.05) is 13.8 Å². The van der Waals surface area contributed by atoms with E-state index in [0.717, 1.165) is 11.4 Å². The number of hydrogen-bond acceptors (Lipinski definition) is 5. The molecule has 0 fully saturated rings. The van der Waals surface area contributed by atoms with Crippen molar-refractivity contribution >= 4 is 10.1 Å². The highest BCUT2D eigenvalue weighted by Crippen LogP contribution is 2.38. The molecule has 3 atom stereocenters. The summed E-state index contributed by atoms with van der Waals surface area (Å²) in [5.41, 5.74) is 2.22. The summed E-state index contributed by atoms with van der Waals surface area (Å²) in [7, 11) is -4.22. The Morgan fingerprint density at radius 1 is 1.20 bits per heavy atom. The van der Waals surface area contributed by atoms with Gasteiger partial charge >= 0.3 is 0 Å². The minimum Gasteiger partial charge on any atom is -0.342 e. The normalized spacial score (nSPS) is 26.8. The van der Waals surface area contributed by atoms with Crippen LogP contribution in [0, 0.1) is 34.5 Å². The third kappa shape index (κ3) is 3.68. The van der Waals surface area contributed by atoms with E-state index in [1.165, 1.54) is 0 Å². The van der Waals surface area contributed by atoms with Crippen molar-refractivity contribution in [3.63, 3.8) is 0 Å². The number of allylic oxidation sites excluding steroid dienone is 7. The zero-order valence-corrected chi connectivity index (χ0v) is 15.5. The SMILES string of the molecule is CC1=CC(=C(C#N)C#N)C=C(C)N1C1C=C(S(=O)(=O)O)CC(C)C1C. The van der Waals surface area contributed by atoms with Crippen molar-refractivity contribution in [3.05, 3.63) is 45.7 Å². The first-order chi connectivity index (χ1) is 11.6. The summed E-state index contributed by atoms with van der Waals surface area (Å²) in [5.74, 6) is 0.243. The smallest absolute Gasteiger partial charge is 0.290 e. The Kier molecular flexibility index (Phi) is 5.22. The zero-order valence-electron chi connectivity index (χ0n) is 14.7. The molecule has 1 N–H and O–H groups in total. The van der Waals surface area contributed by atoms with Crippen LogP contribution in [0.1, 0.15) is 34.1 Å². The van der Waals surface area contributed by atoms with Gasteiger partial charge in [-0.15, -0.1) is 0 Å². The first-order valence-electron chi connectivity index (χ1n) is 7.98. The van der Waals surface area contributed by atoms with Gasteiger partial charge in [0.25, 0.3) is 10.1 Å². The van der Waals surface area contributed by atoms with E-state index < -0.39 is 10.1 Å². The van der Waals surface area contributed by atoms with Gasteiger partial charge in [-0.25, -0.2) is 0 Å². The molecule has 0 aromatic carbocycles.